The van der Waals surface area contributed by atoms with Gasteiger partial charge in [-0.15, -0.1) is 0 Å². The fourth-order valence-electron chi connectivity index (χ4n) is 3.92. The lowest BCUT2D eigenvalue weighted by Gasteiger charge is -2.21. The maximum absolute atomic E-state index is 13.4. The lowest BCUT2D eigenvalue weighted by atomic mass is 9.96. The second-order valence-electron chi connectivity index (χ2n) is 8.16. The summed E-state index contributed by atoms with van der Waals surface area (Å²) in [6.07, 6.45) is 3.34. The molecule has 0 aliphatic rings. The molecule has 0 aliphatic heterocycles. The number of ketones is 1. The van der Waals surface area contributed by atoms with Crippen LogP contribution in [0.4, 0.5) is 11.4 Å². The highest BCUT2D eigenvalue weighted by molar-refractivity contribution is 6.03. The molecule has 2 heterocycles. The van der Waals surface area contributed by atoms with Gasteiger partial charge in [-0.25, -0.2) is 0 Å². The van der Waals surface area contributed by atoms with Crippen LogP contribution in [0, 0.1) is 0 Å². The van der Waals surface area contributed by atoms with E-state index in [2.05, 4.69) is 10.3 Å². The number of Topliss-reactive ketones (excluding diaryl/α,β-unsaturated/α-hetero) is 1. The number of carbonyl (C=O) groups excluding carboxylic acids is 1. The maximum atomic E-state index is 13.4. The number of aromatic hydroxyl groups is 1. The molecule has 33 heavy (non-hydrogen) atoms. The third-order valence-corrected chi connectivity index (χ3v) is 5.76. The fourth-order valence-corrected chi connectivity index (χ4v) is 3.92. The molecule has 7 nitrogen and oxygen atoms in total. The molecule has 7 heteroatoms. The number of hydrogen-bond acceptors (Lipinski definition) is 6. The van der Waals surface area contributed by atoms with Crippen molar-refractivity contribution in [3.05, 3.63) is 94.5 Å². The number of pyridine rings is 2. The number of nitrogens with one attached hydrogen (secondary N) is 1. The van der Waals surface area contributed by atoms with E-state index in [0.29, 0.717) is 10.9 Å². The number of rotatable bonds is 7. The summed E-state index contributed by atoms with van der Waals surface area (Å²) in [6, 6.07) is 18.1. The Labute approximate surface area is 191 Å². The average Bonchev–Trinajstić information content (AvgIpc) is 2.83. The first kappa shape index (κ1) is 22.1. The zero-order chi connectivity index (χ0) is 23.5. The van der Waals surface area contributed by atoms with E-state index in [4.69, 9.17) is 0 Å². The molecule has 2 aromatic heterocycles. The molecule has 2 aromatic carbocycles. The van der Waals surface area contributed by atoms with E-state index in [9.17, 15) is 14.7 Å². The van der Waals surface area contributed by atoms with E-state index in [1.165, 1.54) is 4.57 Å². The van der Waals surface area contributed by atoms with Gasteiger partial charge >= 0.3 is 0 Å². The molecule has 0 saturated heterocycles. The molecule has 0 saturated carbocycles. The van der Waals surface area contributed by atoms with Crippen molar-refractivity contribution >= 4 is 28.1 Å². The van der Waals surface area contributed by atoms with Crippen LogP contribution >= 0.6 is 0 Å². The summed E-state index contributed by atoms with van der Waals surface area (Å²) in [5, 5.41) is 14.6. The number of anilines is 2. The van der Waals surface area contributed by atoms with Gasteiger partial charge in [0.2, 0.25) is 0 Å². The van der Waals surface area contributed by atoms with Gasteiger partial charge in [0.15, 0.2) is 5.78 Å². The van der Waals surface area contributed by atoms with Crippen LogP contribution in [-0.2, 0) is 7.05 Å². The van der Waals surface area contributed by atoms with Crippen molar-refractivity contribution in [3.63, 3.8) is 0 Å². The summed E-state index contributed by atoms with van der Waals surface area (Å²) in [6.45, 7) is 0. The normalized spacial score (nSPS) is 11.8. The molecule has 4 rings (SSSR count). The molecule has 168 valence electrons. The Bertz CT molecular complexity index is 1350. The van der Waals surface area contributed by atoms with Crippen molar-refractivity contribution in [1.82, 2.24) is 9.55 Å². The highest BCUT2D eigenvalue weighted by Gasteiger charge is 2.25. The second kappa shape index (κ2) is 9.16. The van der Waals surface area contributed by atoms with Gasteiger partial charge in [-0.05, 0) is 42.0 Å². The van der Waals surface area contributed by atoms with Gasteiger partial charge in [0.1, 0.15) is 11.3 Å². The monoisotopic (exact) mass is 442 g/mol. The van der Waals surface area contributed by atoms with Gasteiger partial charge in [0.25, 0.3) is 5.56 Å². The molecule has 2 N–H and O–H groups in total. The highest BCUT2D eigenvalue weighted by Crippen LogP contribution is 2.30. The largest absolute Gasteiger partial charge is 0.506 e. The highest BCUT2D eigenvalue weighted by atomic mass is 16.3. The van der Waals surface area contributed by atoms with Gasteiger partial charge in [-0.2, -0.15) is 0 Å². The summed E-state index contributed by atoms with van der Waals surface area (Å²) >= 11 is 0. The first-order chi connectivity index (χ1) is 15.9. The number of carbonyl (C=O) groups is 1. The third-order valence-electron chi connectivity index (χ3n) is 5.76. The molecule has 1 atom stereocenters. The van der Waals surface area contributed by atoms with E-state index in [0.717, 1.165) is 16.9 Å². The van der Waals surface area contributed by atoms with E-state index >= 15 is 0 Å². The summed E-state index contributed by atoms with van der Waals surface area (Å²) in [5.74, 6) is -0.710. The van der Waals surface area contributed by atoms with Gasteiger partial charge in [0.05, 0.1) is 17.2 Å². The zero-order valence-electron chi connectivity index (χ0n) is 18.8. The predicted octanol–water partition coefficient (Wildman–Crippen LogP) is 4.13. The first-order valence-corrected chi connectivity index (χ1v) is 10.6. The molecule has 0 spiro atoms. The van der Waals surface area contributed by atoms with Crippen molar-refractivity contribution in [1.29, 1.82) is 0 Å². The Kier molecular flexibility index (Phi) is 6.13. The lowest BCUT2D eigenvalue weighted by molar-refractivity contribution is 0.0972. The van der Waals surface area contributed by atoms with Crippen LogP contribution in [0.25, 0.3) is 10.9 Å². The van der Waals surface area contributed by atoms with E-state index < -0.39 is 17.4 Å². The SMILES string of the molecule is CN(C)c1ccc(C(CC(=O)c2c(O)c3ccccc3n(C)c2=O)Nc2cccnc2)cc1. The molecular weight excluding hydrogens is 416 g/mol. The van der Waals surface area contributed by atoms with Crippen LogP contribution in [0.1, 0.15) is 28.4 Å². The minimum absolute atomic E-state index is 0.0165. The zero-order valence-corrected chi connectivity index (χ0v) is 18.8. The predicted molar refractivity (Wildman–Crippen MR) is 131 cm³/mol. The Morgan fingerprint density at radius 3 is 2.48 bits per heavy atom. The number of aromatic nitrogens is 2. The lowest BCUT2D eigenvalue weighted by Crippen LogP contribution is -2.26. The smallest absolute Gasteiger partial charge is 0.265 e. The molecular formula is C26H26N4O3. The van der Waals surface area contributed by atoms with Crippen molar-refractivity contribution < 1.29 is 9.90 Å². The summed E-state index contributed by atoms with van der Waals surface area (Å²) in [7, 11) is 5.52. The number of benzene rings is 2. The minimum Gasteiger partial charge on any atom is -0.506 e. The van der Waals surface area contributed by atoms with Crippen LogP contribution < -0.4 is 15.8 Å². The van der Waals surface area contributed by atoms with Crippen LogP contribution in [0.15, 0.2) is 77.9 Å². The van der Waals surface area contributed by atoms with Crippen molar-refractivity contribution in [3.8, 4) is 5.75 Å². The Morgan fingerprint density at radius 1 is 1.09 bits per heavy atom. The molecule has 4 aromatic rings. The van der Waals surface area contributed by atoms with E-state index in [1.807, 2.05) is 49.3 Å². The van der Waals surface area contributed by atoms with Crippen molar-refractivity contribution in [2.45, 2.75) is 12.5 Å². The fraction of sp³-hybridized carbons (Fsp3) is 0.192. The van der Waals surface area contributed by atoms with Crippen LogP contribution in [-0.4, -0.2) is 34.5 Å². The van der Waals surface area contributed by atoms with Crippen molar-refractivity contribution in [2.24, 2.45) is 7.05 Å². The maximum Gasteiger partial charge on any atom is 0.265 e. The van der Waals surface area contributed by atoms with Gasteiger partial charge in [-0.1, -0.05) is 24.3 Å². The molecule has 1 unspecified atom stereocenters. The average molecular weight is 443 g/mol. The topological polar surface area (TPSA) is 87.5 Å². The Morgan fingerprint density at radius 2 is 1.82 bits per heavy atom. The summed E-state index contributed by atoms with van der Waals surface area (Å²) < 4.78 is 1.40. The van der Waals surface area contributed by atoms with Crippen LogP contribution in [0.3, 0.4) is 0 Å². The van der Waals surface area contributed by atoms with Gasteiger partial charge in [-0.3, -0.25) is 14.6 Å². The summed E-state index contributed by atoms with van der Waals surface area (Å²) in [4.78, 5) is 32.5. The quantitative estimate of drug-likeness (QED) is 0.419. The number of hydrogen-bond donors (Lipinski definition) is 2. The molecule has 0 aliphatic carbocycles. The molecule has 0 bridgehead atoms. The third kappa shape index (κ3) is 4.43. The number of para-hydroxylation sites is 1. The molecule has 0 fully saturated rings. The van der Waals surface area contributed by atoms with Crippen molar-refractivity contribution in [2.75, 3.05) is 24.3 Å². The Hall–Kier alpha value is -4.13. The van der Waals surface area contributed by atoms with E-state index in [1.54, 1.807) is 49.8 Å². The van der Waals surface area contributed by atoms with E-state index in [-0.39, 0.29) is 17.7 Å². The molecule has 0 radical (unpaired) electrons. The Balaban J connectivity index is 1.73. The van der Waals surface area contributed by atoms with Crippen LogP contribution in [0.5, 0.6) is 5.75 Å². The van der Waals surface area contributed by atoms with Gasteiger partial charge < -0.3 is 19.9 Å². The minimum atomic E-state index is -0.515. The molecule has 0 amide bonds. The van der Waals surface area contributed by atoms with Crippen LogP contribution in [0.2, 0.25) is 0 Å². The van der Waals surface area contributed by atoms with Gasteiger partial charge in [0, 0.05) is 51.0 Å². The standard InChI is InChI=1S/C26H26N4O3/c1-29(2)19-12-10-17(11-13-19)21(28-18-7-6-14-27-16-18)15-23(31)24-25(32)20-8-4-5-9-22(20)30(3)26(24)33/h4-14,16,21,28,32H,15H2,1-3H3. The number of nitrogens with zero attached hydrogens (tertiary/aromatic N) is 3. The first-order valence-electron chi connectivity index (χ1n) is 10.6. The second-order valence-corrected chi connectivity index (χ2v) is 8.16. The number of fused-ring (bicyclic) bond motifs is 1. The summed E-state index contributed by atoms with van der Waals surface area (Å²) in [5.41, 5.74) is 2.53. The number of aryl methyl sites for hydroxylation is 1.